The van der Waals surface area contributed by atoms with Crippen LogP contribution in [0, 0.1) is 0 Å². The average Bonchev–Trinajstić information content (AvgIpc) is 2.76. The van der Waals surface area contributed by atoms with E-state index in [2.05, 4.69) is 16.3 Å². The fourth-order valence-electron chi connectivity index (χ4n) is 1.65. The first-order chi connectivity index (χ1) is 6.78. The van der Waals surface area contributed by atoms with Crippen LogP contribution < -0.4 is 5.73 Å². The van der Waals surface area contributed by atoms with Crippen molar-refractivity contribution in [3.63, 3.8) is 0 Å². The third-order valence-corrected chi connectivity index (χ3v) is 4.57. The molecular weight excluding hydrogens is 214 g/mol. The summed E-state index contributed by atoms with van der Waals surface area (Å²) in [4.78, 5) is 4.45. The van der Waals surface area contributed by atoms with E-state index in [0.717, 1.165) is 29.4 Å². The lowest BCUT2D eigenvalue weighted by atomic mass is 10.3. The van der Waals surface area contributed by atoms with Crippen molar-refractivity contribution in [2.45, 2.75) is 48.2 Å². The quantitative estimate of drug-likeness (QED) is 0.862. The molecule has 1 aromatic rings. The fraction of sp³-hybridized carbons (Fsp3) is 0.778. The number of thioether (sulfide) groups is 1. The Morgan fingerprint density at radius 3 is 3.00 bits per heavy atom. The summed E-state index contributed by atoms with van der Waals surface area (Å²) >= 11 is 3.38. The van der Waals surface area contributed by atoms with E-state index < -0.39 is 0 Å². The maximum atomic E-state index is 5.86. The van der Waals surface area contributed by atoms with Crippen LogP contribution in [0.3, 0.4) is 0 Å². The predicted molar refractivity (Wildman–Crippen MR) is 60.8 cm³/mol. The van der Waals surface area contributed by atoms with Crippen LogP contribution in [0.5, 0.6) is 0 Å². The van der Waals surface area contributed by atoms with Crippen LogP contribution in [-0.4, -0.2) is 20.6 Å². The van der Waals surface area contributed by atoms with E-state index in [1.165, 1.54) is 18.0 Å². The minimum absolute atomic E-state index is 0.408. The molecule has 1 heterocycles. The Morgan fingerprint density at radius 2 is 2.43 bits per heavy atom. The van der Waals surface area contributed by atoms with Crippen LogP contribution in [0.4, 0.5) is 0 Å². The molecule has 0 saturated heterocycles. The maximum Gasteiger partial charge on any atom is 0.170 e. The van der Waals surface area contributed by atoms with Gasteiger partial charge in [-0.2, -0.15) is 4.37 Å². The molecule has 2 rings (SSSR count). The van der Waals surface area contributed by atoms with E-state index in [4.69, 9.17) is 5.73 Å². The van der Waals surface area contributed by atoms with Gasteiger partial charge in [-0.25, -0.2) is 4.98 Å². The van der Waals surface area contributed by atoms with Crippen molar-refractivity contribution in [3.8, 4) is 0 Å². The number of nitrogens with zero attached hydrogens (tertiary/aromatic N) is 2. The molecule has 2 unspecified atom stereocenters. The van der Waals surface area contributed by atoms with E-state index in [-0.39, 0.29) is 0 Å². The van der Waals surface area contributed by atoms with Gasteiger partial charge in [-0.15, -0.1) is 0 Å². The average molecular weight is 229 g/mol. The maximum absolute atomic E-state index is 5.86. The molecule has 2 N–H and O–H groups in total. The molecule has 1 fully saturated rings. The van der Waals surface area contributed by atoms with E-state index in [9.17, 15) is 0 Å². The molecule has 0 spiro atoms. The molecule has 0 aliphatic heterocycles. The second kappa shape index (κ2) is 4.59. The highest BCUT2D eigenvalue weighted by atomic mass is 32.2. The van der Waals surface area contributed by atoms with Crippen molar-refractivity contribution in [3.05, 3.63) is 5.82 Å². The highest BCUT2D eigenvalue weighted by Gasteiger charge is 2.23. The van der Waals surface area contributed by atoms with Crippen LogP contribution in [0.2, 0.25) is 0 Å². The van der Waals surface area contributed by atoms with Gasteiger partial charge in [-0.3, -0.25) is 0 Å². The Hall–Kier alpha value is -0.130. The molecule has 0 bridgehead atoms. The fourth-order valence-corrected chi connectivity index (χ4v) is 3.88. The van der Waals surface area contributed by atoms with Gasteiger partial charge in [0.1, 0.15) is 5.82 Å². The normalized spacial score (nSPS) is 27.0. The summed E-state index contributed by atoms with van der Waals surface area (Å²) < 4.78 is 5.39. The van der Waals surface area contributed by atoms with Gasteiger partial charge in [0.15, 0.2) is 4.34 Å². The Morgan fingerprint density at radius 1 is 1.57 bits per heavy atom. The zero-order chi connectivity index (χ0) is 9.97. The van der Waals surface area contributed by atoms with E-state index >= 15 is 0 Å². The summed E-state index contributed by atoms with van der Waals surface area (Å²) in [5.41, 5.74) is 5.86. The number of hydrogen-bond donors (Lipinski definition) is 1. The first-order valence-electron chi connectivity index (χ1n) is 5.02. The molecule has 0 radical (unpaired) electrons. The summed E-state index contributed by atoms with van der Waals surface area (Å²) in [6, 6.07) is 0.408. The molecule has 78 valence electrons. The van der Waals surface area contributed by atoms with Crippen LogP contribution in [-0.2, 0) is 6.42 Å². The van der Waals surface area contributed by atoms with E-state index in [1.807, 2.05) is 11.8 Å². The van der Waals surface area contributed by atoms with Crippen molar-refractivity contribution in [2.24, 2.45) is 5.73 Å². The Labute approximate surface area is 92.7 Å². The van der Waals surface area contributed by atoms with Gasteiger partial charge in [-0.05, 0) is 30.8 Å². The molecule has 3 nitrogen and oxygen atoms in total. The van der Waals surface area contributed by atoms with Crippen molar-refractivity contribution < 1.29 is 0 Å². The minimum Gasteiger partial charge on any atom is -0.328 e. The van der Waals surface area contributed by atoms with Gasteiger partial charge < -0.3 is 5.73 Å². The lowest BCUT2D eigenvalue weighted by Crippen LogP contribution is -2.15. The van der Waals surface area contributed by atoms with Gasteiger partial charge in [0.05, 0.1) is 0 Å². The Kier molecular flexibility index (Phi) is 3.41. The number of hydrogen-bond acceptors (Lipinski definition) is 5. The van der Waals surface area contributed by atoms with Gasteiger partial charge >= 0.3 is 0 Å². The van der Waals surface area contributed by atoms with Crippen molar-refractivity contribution >= 4 is 23.3 Å². The molecule has 1 aromatic heterocycles. The standard InChI is InChI=1S/C9H15N3S2/c1-2-8-11-9(14-12-8)13-7-4-3-6(10)5-7/h6-7H,2-5,10H2,1H3. The van der Waals surface area contributed by atoms with Gasteiger partial charge in [-0.1, -0.05) is 18.7 Å². The molecule has 14 heavy (non-hydrogen) atoms. The number of nitrogens with two attached hydrogens (primary N) is 1. The van der Waals surface area contributed by atoms with Crippen molar-refractivity contribution in [1.29, 1.82) is 0 Å². The summed E-state index contributed by atoms with van der Waals surface area (Å²) in [5, 5.41) is 0.669. The van der Waals surface area contributed by atoms with E-state index in [1.54, 1.807) is 0 Å². The number of rotatable bonds is 3. The Bertz CT molecular complexity index is 300. The largest absolute Gasteiger partial charge is 0.328 e. The molecule has 1 aliphatic rings. The summed E-state index contributed by atoms with van der Waals surface area (Å²) in [7, 11) is 0. The number of aryl methyl sites for hydroxylation is 1. The molecule has 1 saturated carbocycles. The zero-order valence-electron chi connectivity index (χ0n) is 8.27. The van der Waals surface area contributed by atoms with Gasteiger partial charge in [0, 0.05) is 17.7 Å². The molecule has 0 amide bonds. The lowest BCUT2D eigenvalue weighted by molar-refractivity contribution is 0.706. The molecule has 5 heteroatoms. The highest BCUT2D eigenvalue weighted by molar-refractivity contribution is 8.01. The zero-order valence-corrected chi connectivity index (χ0v) is 9.90. The van der Waals surface area contributed by atoms with E-state index in [0.29, 0.717) is 11.3 Å². The topological polar surface area (TPSA) is 51.8 Å². The molecular formula is C9H15N3S2. The highest BCUT2D eigenvalue weighted by Crippen LogP contribution is 2.34. The molecule has 2 atom stereocenters. The van der Waals surface area contributed by atoms with Crippen LogP contribution in [0.1, 0.15) is 32.0 Å². The smallest absolute Gasteiger partial charge is 0.170 e. The van der Waals surface area contributed by atoms with Gasteiger partial charge in [0.25, 0.3) is 0 Å². The summed E-state index contributed by atoms with van der Waals surface area (Å²) in [6.45, 7) is 2.09. The third kappa shape index (κ3) is 2.46. The summed E-state index contributed by atoms with van der Waals surface area (Å²) in [5.74, 6) is 0.972. The SMILES string of the molecule is CCc1nsc(SC2CCC(N)C2)n1. The second-order valence-electron chi connectivity index (χ2n) is 3.64. The minimum atomic E-state index is 0.408. The van der Waals surface area contributed by atoms with Crippen LogP contribution in [0.25, 0.3) is 0 Å². The van der Waals surface area contributed by atoms with Crippen molar-refractivity contribution in [2.75, 3.05) is 0 Å². The lowest BCUT2D eigenvalue weighted by Gasteiger charge is -2.04. The third-order valence-electron chi connectivity index (χ3n) is 2.46. The monoisotopic (exact) mass is 229 g/mol. The summed E-state index contributed by atoms with van der Waals surface area (Å²) in [6.07, 6.45) is 4.46. The second-order valence-corrected chi connectivity index (χ2v) is 5.94. The molecule has 0 aromatic carbocycles. The van der Waals surface area contributed by atoms with Crippen molar-refractivity contribution in [1.82, 2.24) is 9.36 Å². The van der Waals surface area contributed by atoms with Crippen LogP contribution in [0.15, 0.2) is 4.34 Å². The first kappa shape index (κ1) is 10.4. The van der Waals surface area contributed by atoms with Gasteiger partial charge in [0.2, 0.25) is 0 Å². The Balaban J connectivity index is 1.90. The predicted octanol–water partition coefficient (Wildman–Crippen LogP) is 2.07. The first-order valence-corrected chi connectivity index (χ1v) is 6.68. The molecule has 1 aliphatic carbocycles. The van der Waals surface area contributed by atoms with Crippen LogP contribution >= 0.6 is 23.3 Å². The number of aromatic nitrogens is 2.